The molecule has 2 N–H and O–H groups in total. The fourth-order valence-corrected chi connectivity index (χ4v) is 1.88. The molecule has 1 aliphatic heterocycles. The summed E-state index contributed by atoms with van der Waals surface area (Å²) in [6.07, 6.45) is 2.49. The zero-order valence-electron chi connectivity index (χ0n) is 10.5. The van der Waals surface area contributed by atoms with Gasteiger partial charge in [-0.3, -0.25) is 10.7 Å². The van der Waals surface area contributed by atoms with Crippen LogP contribution in [0.5, 0.6) is 0 Å². The van der Waals surface area contributed by atoms with Crippen molar-refractivity contribution in [2.45, 2.75) is 51.2 Å². The molecule has 16 heavy (non-hydrogen) atoms. The van der Waals surface area contributed by atoms with E-state index in [-0.39, 0.29) is 12.3 Å². The summed E-state index contributed by atoms with van der Waals surface area (Å²) >= 11 is 0. The largest absolute Gasteiger partial charge is 0.459 e. The summed E-state index contributed by atoms with van der Waals surface area (Å²) in [5, 5.41) is 11.0. The lowest BCUT2D eigenvalue weighted by Gasteiger charge is -2.17. The van der Waals surface area contributed by atoms with Crippen molar-refractivity contribution in [1.82, 2.24) is 5.32 Å². The SMILES string of the molecule is COC(CCCC1NC(C)(C)OC1=N)OC. The fourth-order valence-electron chi connectivity index (χ4n) is 1.88. The van der Waals surface area contributed by atoms with Crippen LogP contribution in [0.15, 0.2) is 0 Å². The number of hydrogen-bond donors (Lipinski definition) is 2. The third-order valence-corrected chi connectivity index (χ3v) is 2.66. The smallest absolute Gasteiger partial charge is 0.200 e. The van der Waals surface area contributed by atoms with E-state index in [1.54, 1.807) is 14.2 Å². The highest BCUT2D eigenvalue weighted by Gasteiger charge is 2.35. The Balaban J connectivity index is 2.26. The highest BCUT2D eigenvalue weighted by Crippen LogP contribution is 2.20. The first-order valence-electron chi connectivity index (χ1n) is 5.59. The highest BCUT2D eigenvalue weighted by atomic mass is 16.7. The van der Waals surface area contributed by atoms with Gasteiger partial charge in [-0.15, -0.1) is 0 Å². The zero-order chi connectivity index (χ0) is 12.2. The molecule has 1 heterocycles. The van der Waals surface area contributed by atoms with Crippen LogP contribution >= 0.6 is 0 Å². The van der Waals surface area contributed by atoms with Crippen molar-refractivity contribution in [2.24, 2.45) is 0 Å². The Bertz CT molecular complexity index is 239. The Labute approximate surface area is 97.0 Å². The Morgan fingerprint density at radius 2 is 2.06 bits per heavy atom. The molecule has 0 aromatic rings. The summed E-state index contributed by atoms with van der Waals surface area (Å²) in [6, 6.07) is 0.0179. The second-order valence-electron chi connectivity index (χ2n) is 4.51. The average Bonchev–Trinajstić information content (AvgIpc) is 2.47. The molecule has 1 atom stereocenters. The molecule has 0 saturated carbocycles. The summed E-state index contributed by atoms with van der Waals surface area (Å²) in [6.45, 7) is 3.85. The van der Waals surface area contributed by atoms with Crippen molar-refractivity contribution < 1.29 is 14.2 Å². The molecule has 0 aromatic carbocycles. The first kappa shape index (κ1) is 13.4. The predicted octanol–water partition coefficient (Wildman–Crippen LogP) is 1.48. The van der Waals surface area contributed by atoms with Crippen molar-refractivity contribution in [1.29, 1.82) is 5.41 Å². The number of methoxy groups -OCH3 is 2. The standard InChI is InChI=1S/C11H22N2O3/c1-11(2)13-8(10(12)16-11)6-5-7-9(14-3)15-4/h8-9,12-13H,5-7H2,1-4H3. The summed E-state index contributed by atoms with van der Waals surface area (Å²) < 4.78 is 15.6. The Kier molecular flexibility index (Phi) is 4.70. The summed E-state index contributed by atoms with van der Waals surface area (Å²) in [7, 11) is 3.27. The number of ether oxygens (including phenoxy) is 3. The Morgan fingerprint density at radius 1 is 1.44 bits per heavy atom. The van der Waals surface area contributed by atoms with E-state index >= 15 is 0 Å². The van der Waals surface area contributed by atoms with Crippen LogP contribution in [0.4, 0.5) is 0 Å². The van der Waals surface area contributed by atoms with Crippen molar-refractivity contribution in [3.8, 4) is 0 Å². The summed E-state index contributed by atoms with van der Waals surface area (Å²) in [5.41, 5.74) is -0.413. The van der Waals surface area contributed by atoms with Crippen LogP contribution in [0.25, 0.3) is 0 Å². The van der Waals surface area contributed by atoms with Gasteiger partial charge in [0.2, 0.25) is 0 Å². The van der Waals surface area contributed by atoms with E-state index in [1.165, 1.54) is 0 Å². The van der Waals surface area contributed by atoms with Crippen LogP contribution < -0.4 is 5.32 Å². The zero-order valence-corrected chi connectivity index (χ0v) is 10.5. The van der Waals surface area contributed by atoms with Gasteiger partial charge in [0.25, 0.3) is 0 Å². The second-order valence-corrected chi connectivity index (χ2v) is 4.51. The van der Waals surface area contributed by atoms with Crippen LogP contribution in [0.1, 0.15) is 33.1 Å². The van der Waals surface area contributed by atoms with E-state index in [2.05, 4.69) is 5.32 Å². The molecular formula is C11H22N2O3. The van der Waals surface area contributed by atoms with Gasteiger partial charge in [0.15, 0.2) is 17.9 Å². The molecule has 1 unspecified atom stereocenters. The monoisotopic (exact) mass is 230 g/mol. The van der Waals surface area contributed by atoms with Gasteiger partial charge in [0, 0.05) is 14.2 Å². The minimum absolute atomic E-state index is 0.0179. The van der Waals surface area contributed by atoms with E-state index in [1.807, 2.05) is 13.8 Å². The van der Waals surface area contributed by atoms with E-state index in [4.69, 9.17) is 19.6 Å². The van der Waals surface area contributed by atoms with Gasteiger partial charge in [0.05, 0.1) is 6.04 Å². The van der Waals surface area contributed by atoms with E-state index in [0.717, 1.165) is 19.3 Å². The maximum absolute atomic E-state index is 7.69. The summed E-state index contributed by atoms with van der Waals surface area (Å²) in [5.74, 6) is 0.330. The number of nitrogens with one attached hydrogen (secondary N) is 2. The van der Waals surface area contributed by atoms with E-state index in [9.17, 15) is 0 Å². The van der Waals surface area contributed by atoms with Gasteiger partial charge >= 0.3 is 0 Å². The third kappa shape index (κ3) is 3.73. The average molecular weight is 230 g/mol. The molecular weight excluding hydrogens is 208 g/mol. The first-order valence-corrected chi connectivity index (χ1v) is 5.59. The van der Waals surface area contributed by atoms with Gasteiger partial charge in [-0.1, -0.05) is 0 Å². The molecule has 0 radical (unpaired) electrons. The van der Waals surface area contributed by atoms with E-state index < -0.39 is 5.72 Å². The number of hydrogen-bond acceptors (Lipinski definition) is 5. The van der Waals surface area contributed by atoms with Gasteiger partial charge in [-0.05, 0) is 33.1 Å². The molecule has 94 valence electrons. The molecule has 1 aliphatic rings. The van der Waals surface area contributed by atoms with Gasteiger partial charge in [-0.25, -0.2) is 0 Å². The van der Waals surface area contributed by atoms with Crippen LogP contribution in [-0.2, 0) is 14.2 Å². The number of rotatable bonds is 6. The Morgan fingerprint density at radius 3 is 2.50 bits per heavy atom. The first-order chi connectivity index (χ1) is 7.48. The molecule has 0 bridgehead atoms. The molecule has 5 heteroatoms. The lowest BCUT2D eigenvalue weighted by molar-refractivity contribution is -0.107. The third-order valence-electron chi connectivity index (χ3n) is 2.66. The molecule has 0 amide bonds. The quantitative estimate of drug-likeness (QED) is 0.678. The molecule has 0 aliphatic carbocycles. The van der Waals surface area contributed by atoms with Crippen LogP contribution in [0.2, 0.25) is 0 Å². The Hall–Kier alpha value is -0.650. The van der Waals surface area contributed by atoms with Gasteiger partial charge in [0.1, 0.15) is 0 Å². The van der Waals surface area contributed by atoms with Crippen LogP contribution in [0, 0.1) is 5.41 Å². The lowest BCUT2D eigenvalue weighted by Crippen LogP contribution is -2.38. The van der Waals surface area contributed by atoms with Crippen molar-refractivity contribution in [3.63, 3.8) is 0 Å². The molecule has 1 saturated heterocycles. The van der Waals surface area contributed by atoms with Crippen molar-refractivity contribution >= 4 is 5.90 Å². The normalized spacial score (nSPS) is 23.8. The summed E-state index contributed by atoms with van der Waals surface area (Å²) in [4.78, 5) is 0. The van der Waals surface area contributed by atoms with E-state index in [0.29, 0.717) is 5.90 Å². The minimum atomic E-state index is -0.413. The topological polar surface area (TPSA) is 63.6 Å². The molecule has 0 aromatic heterocycles. The van der Waals surface area contributed by atoms with Crippen LogP contribution in [0.3, 0.4) is 0 Å². The van der Waals surface area contributed by atoms with Gasteiger partial charge in [-0.2, -0.15) is 0 Å². The second kappa shape index (κ2) is 5.61. The van der Waals surface area contributed by atoms with Crippen LogP contribution in [-0.4, -0.2) is 38.2 Å². The fraction of sp³-hybridized carbons (Fsp3) is 0.909. The predicted molar refractivity (Wildman–Crippen MR) is 61.5 cm³/mol. The van der Waals surface area contributed by atoms with Gasteiger partial charge < -0.3 is 14.2 Å². The highest BCUT2D eigenvalue weighted by molar-refractivity contribution is 5.81. The van der Waals surface area contributed by atoms with Crippen molar-refractivity contribution in [2.75, 3.05) is 14.2 Å². The maximum atomic E-state index is 7.69. The molecule has 1 rings (SSSR count). The van der Waals surface area contributed by atoms with Crippen molar-refractivity contribution in [3.05, 3.63) is 0 Å². The molecule has 1 fully saturated rings. The minimum Gasteiger partial charge on any atom is -0.459 e. The maximum Gasteiger partial charge on any atom is 0.200 e. The molecule has 0 spiro atoms. The lowest BCUT2D eigenvalue weighted by atomic mass is 10.1. The molecule has 5 nitrogen and oxygen atoms in total.